The lowest BCUT2D eigenvalue weighted by Crippen LogP contribution is -2.39. The number of halogens is 8. The largest absolute Gasteiger partial charge is 0.435 e. The van der Waals surface area contributed by atoms with Gasteiger partial charge in [0.05, 0.1) is 18.2 Å². The van der Waals surface area contributed by atoms with Crippen molar-refractivity contribution < 1.29 is 45.0 Å². The summed E-state index contributed by atoms with van der Waals surface area (Å²) < 4.78 is 110. The molecule has 0 spiro atoms. The van der Waals surface area contributed by atoms with Gasteiger partial charge in [0.25, 0.3) is 5.92 Å². The minimum Gasteiger partial charge on any atom is -0.382 e. The molecule has 0 amide bonds. The highest BCUT2D eigenvalue weighted by Gasteiger charge is 2.55. The molecule has 2 aliphatic rings. The minimum absolute atomic E-state index is 0.111. The molecular weight excluding hydrogens is 368 g/mol. The number of aliphatic hydroxyl groups is 1. The summed E-state index contributed by atoms with van der Waals surface area (Å²) in [4.78, 5) is 0. The highest BCUT2D eigenvalue weighted by atomic mass is 19.4. The van der Waals surface area contributed by atoms with E-state index in [0.29, 0.717) is 4.68 Å². The summed E-state index contributed by atoms with van der Waals surface area (Å²) in [5, 5.41) is 12.8. The third-order valence-electron chi connectivity index (χ3n) is 4.36. The number of ether oxygens (including phenoxy) is 1. The summed E-state index contributed by atoms with van der Waals surface area (Å²) in [5.41, 5.74) is -3.34. The van der Waals surface area contributed by atoms with Gasteiger partial charge in [-0.25, -0.2) is 8.78 Å². The number of hydrogen-bond acceptors (Lipinski definition) is 3. The molecule has 25 heavy (non-hydrogen) atoms. The van der Waals surface area contributed by atoms with E-state index in [1.165, 1.54) is 0 Å². The van der Waals surface area contributed by atoms with Crippen LogP contribution in [-0.4, -0.2) is 39.7 Å². The molecule has 1 aromatic heterocycles. The van der Waals surface area contributed by atoms with Crippen molar-refractivity contribution in [2.75, 3.05) is 6.61 Å². The summed E-state index contributed by atoms with van der Waals surface area (Å²) in [6, 6.07) is -1.19. The number of alkyl halides is 8. The zero-order valence-electron chi connectivity index (χ0n) is 12.3. The monoisotopic (exact) mass is 380 g/mol. The lowest BCUT2D eigenvalue weighted by atomic mass is 10.0. The predicted molar refractivity (Wildman–Crippen MR) is 64.9 cm³/mol. The Kier molecular flexibility index (Phi) is 4.06. The van der Waals surface area contributed by atoms with Gasteiger partial charge < -0.3 is 9.84 Å². The van der Waals surface area contributed by atoms with Crippen LogP contribution in [0.4, 0.5) is 35.1 Å². The molecule has 4 nitrogen and oxygen atoms in total. The molecule has 3 rings (SSSR count). The van der Waals surface area contributed by atoms with Crippen LogP contribution in [0.2, 0.25) is 0 Å². The van der Waals surface area contributed by atoms with Crippen molar-refractivity contribution >= 4 is 0 Å². The molecule has 1 saturated heterocycles. The first kappa shape index (κ1) is 18.4. The number of fused-ring (bicyclic) bond motifs is 1. The Morgan fingerprint density at radius 1 is 1.16 bits per heavy atom. The van der Waals surface area contributed by atoms with Gasteiger partial charge in [-0.3, -0.25) is 4.68 Å². The molecule has 0 unspecified atom stereocenters. The van der Waals surface area contributed by atoms with Gasteiger partial charge in [0.1, 0.15) is 6.10 Å². The molecular formula is C13H12F8N2O2. The Hall–Kier alpha value is -1.43. The van der Waals surface area contributed by atoms with Gasteiger partial charge in [-0.05, 0) is 6.42 Å². The second-order valence-electron chi connectivity index (χ2n) is 6.07. The summed E-state index contributed by atoms with van der Waals surface area (Å²) in [6.07, 6.45) is -16.8. The van der Waals surface area contributed by atoms with E-state index in [2.05, 4.69) is 9.84 Å². The fourth-order valence-electron chi connectivity index (χ4n) is 3.22. The number of hydrogen-bond donors (Lipinski definition) is 1. The molecule has 3 atom stereocenters. The second kappa shape index (κ2) is 5.53. The minimum atomic E-state index is -5.12. The lowest BCUT2D eigenvalue weighted by Gasteiger charge is -2.31. The maximum absolute atomic E-state index is 13.7. The van der Waals surface area contributed by atoms with Gasteiger partial charge in [0.2, 0.25) is 0 Å². The van der Waals surface area contributed by atoms with Gasteiger partial charge in [-0.1, -0.05) is 0 Å². The second-order valence-corrected chi connectivity index (χ2v) is 6.07. The summed E-state index contributed by atoms with van der Waals surface area (Å²) in [5.74, 6) is -3.84. The molecule has 142 valence electrons. The van der Waals surface area contributed by atoms with Crippen molar-refractivity contribution in [3.05, 3.63) is 17.0 Å². The molecule has 0 aromatic carbocycles. The number of aromatic nitrogens is 2. The van der Waals surface area contributed by atoms with Crippen LogP contribution in [0.1, 0.15) is 41.9 Å². The Morgan fingerprint density at radius 3 is 2.36 bits per heavy atom. The van der Waals surface area contributed by atoms with Crippen LogP contribution in [0.3, 0.4) is 0 Å². The zero-order chi connectivity index (χ0) is 18.8. The van der Waals surface area contributed by atoms with Crippen LogP contribution in [0.15, 0.2) is 0 Å². The smallest absolute Gasteiger partial charge is 0.382 e. The zero-order valence-corrected chi connectivity index (χ0v) is 12.3. The SMILES string of the molecule is O[C@H]1c2c(C(F)(F)F)nn([C@@H]3CCO[C@@H](C(F)(F)F)C3)c2CC1(F)F. The van der Waals surface area contributed by atoms with E-state index >= 15 is 0 Å². The molecule has 2 heterocycles. The third-order valence-corrected chi connectivity index (χ3v) is 4.36. The Bertz CT molecular complexity index is 666. The van der Waals surface area contributed by atoms with E-state index in [-0.39, 0.29) is 6.42 Å². The number of nitrogens with zero attached hydrogens (tertiary/aromatic N) is 2. The van der Waals surface area contributed by atoms with E-state index in [0.717, 1.165) is 0 Å². The molecule has 0 saturated carbocycles. The highest BCUT2D eigenvalue weighted by molar-refractivity contribution is 5.38. The van der Waals surface area contributed by atoms with Crippen molar-refractivity contribution in [3.63, 3.8) is 0 Å². The molecule has 1 aliphatic heterocycles. The predicted octanol–water partition coefficient (Wildman–Crippen LogP) is 3.41. The summed E-state index contributed by atoms with van der Waals surface area (Å²) >= 11 is 0. The Morgan fingerprint density at radius 2 is 1.80 bits per heavy atom. The molecule has 12 heteroatoms. The summed E-state index contributed by atoms with van der Waals surface area (Å²) in [7, 11) is 0. The molecule has 0 bridgehead atoms. The van der Waals surface area contributed by atoms with Gasteiger partial charge >= 0.3 is 12.4 Å². The average Bonchev–Trinajstić information content (AvgIpc) is 2.93. The lowest BCUT2D eigenvalue weighted by molar-refractivity contribution is -0.235. The summed E-state index contributed by atoms with van der Waals surface area (Å²) in [6.45, 7) is -0.399. The quantitative estimate of drug-likeness (QED) is 0.760. The fraction of sp³-hybridized carbons (Fsp3) is 0.769. The van der Waals surface area contributed by atoms with Crippen LogP contribution < -0.4 is 0 Å². The van der Waals surface area contributed by atoms with Gasteiger partial charge in [-0.2, -0.15) is 31.4 Å². The van der Waals surface area contributed by atoms with Crippen LogP contribution in [0.5, 0.6) is 0 Å². The van der Waals surface area contributed by atoms with Crippen molar-refractivity contribution in [1.82, 2.24) is 9.78 Å². The first-order valence-electron chi connectivity index (χ1n) is 7.25. The van der Waals surface area contributed by atoms with E-state index in [9.17, 15) is 40.2 Å². The van der Waals surface area contributed by atoms with E-state index in [1.54, 1.807) is 0 Å². The molecule has 1 N–H and O–H groups in total. The topological polar surface area (TPSA) is 47.3 Å². The van der Waals surface area contributed by atoms with E-state index in [4.69, 9.17) is 0 Å². The maximum atomic E-state index is 13.7. The normalized spacial score (nSPS) is 29.7. The van der Waals surface area contributed by atoms with E-state index < -0.39 is 72.9 Å². The van der Waals surface area contributed by atoms with Gasteiger partial charge in [0, 0.05) is 18.6 Å². The first-order valence-corrected chi connectivity index (χ1v) is 7.25. The average molecular weight is 380 g/mol. The van der Waals surface area contributed by atoms with Crippen LogP contribution >= 0.6 is 0 Å². The van der Waals surface area contributed by atoms with Crippen molar-refractivity contribution in [3.8, 4) is 0 Å². The first-order chi connectivity index (χ1) is 11.3. The highest BCUT2D eigenvalue weighted by Crippen LogP contribution is 2.49. The van der Waals surface area contributed by atoms with Gasteiger partial charge in [0.15, 0.2) is 11.8 Å². The van der Waals surface area contributed by atoms with Crippen LogP contribution in [-0.2, 0) is 17.3 Å². The van der Waals surface area contributed by atoms with E-state index in [1.807, 2.05) is 0 Å². The Labute approximate surface area is 135 Å². The maximum Gasteiger partial charge on any atom is 0.435 e. The van der Waals surface area contributed by atoms with Gasteiger partial charge in [-0.15, -0.1) is 0 Å². The number of rotatable bonds is 1. The molecule has 0 radical (unpaired) electrons. The molecule has 1 aliphatic carbocycles. The van der Waals surface area contributed by atoms with Crippen molar-refractivity contribution in [2.45, 2.75) is 55.8 Å². The fourth-order valence-corrected chi connectivity index (χ4v) is 3.22. The van der Waals surface area contributed by atoms with Crippen molar-refractivity contribution in [2.24, 2.45) is 0 Å². The van der Waals surface area contributed by atoms with Crippen molar-refractivity contribution in [1.29, 1.82) is 0 Å². The van der Waals surface area contributed by atoms with Crippen LogP contribution in [0, 0.1) is 0 Å². The third kappa shape index (κ3) is 3.09. The molecule has 1 fully saturated rings. The Balaban J connectivity index is 2.03. The van der Waals surface area contributed by atoms with Crippen LogP contribution in [0.25, 0.3) is 0 Å². The standard InChI is InChI=1S/C13H12F8N2O2/c14-11(15)4-6-8(10(11)24)9(13(19,20)21)22-23(6)5-1-2-25-7(3-5)12(16,17)18/h5,7,10,24H,1-4H2/t5-,7-,10+/m1/s1. The number of aliphatic hydroxyl groups excluding tert-OH is 1. The molecule has 1 aromatic rings.